The minimum Gasteiger partial charge on any atom is -0.497 e. The summed E-state index contributed by atoms with van der Waals surface area (Å²) in [6.07, 6.45) is -3.12. The Morgan fingerprint density at radius 3 is 2.42 bits per heavy atom. The van der Waals surface area contributed by atoms with Crippen molar-refractivity contribution in [3.63, 3.8) is 0 Å². The highest BCUT2D eigenvalue weighted by molar-refractivity contribution is 5.62. The molecule has 0 bridgehead atoms. The summed E-state index contributed by atoms with van der Waals surface area (Å²) in [5.41, 5.74) is -5.76. The quantitative estimate of drug-likeness (QED) is 0.177. The number of aromatic nitrogens is 2. The van der Waals surface area contributed by atoms with E-state index in [1.807, 2.05) is 4.98 Å². The monoisotopic (exact) mass is 505 g/mol. The Morgan fingerprint density at radius 2 is 1.81 bits per heavy atom. The van der Waals surface area contributed by atoms with Gasteiger partial charge in [0.15, 0.2) is 0 Å². The van der Waals surface area contributed by atoms with Crippen molar-refractivity contribution in [2.45, 2.75) is 30.4 Å². The number of aromatic amines is 1. The highest BCUT2D eigenvalue weighted by Crippen LogP contribution is 2.43. The van der Waals surface area contributed by atoms with Crippen molar-refractivity contribution in [1.29, 1.82) is 0 Å². The van der Waals surface area contributed by atoms with E-state index in [1.54, 1.807) is 12.1 Å². The molecule has 2 aromatic carbocycles. The molecule has 1 aliphatic rings. The van der Waals surface area contributed by atoms with E-state index >= 15 is 0 Å². The molecule has 0 aliphatic carbocycles. The number of aliphatic hydroxyl groups excluding tert-OH is 2. The van der Waals surface area contributed by atoms with Gasteiger partial charge in [-0.3, -0.25) is 9.78 Å². The fourth-order valence-electron chi connectivity index (χ4n) is 4.10. The van der Waals surface area contributed by atoms with Crippen LogP contribution in [0.15, 0.2) is 64.3 Å². The topological polar surface area (TPSA) is 178 Å². The minimum absolute atomic E-state index is 0.134. The molecule has 0 spiro atoms. The van der Waals surface area contributed by atoms with Crippen molar-refractivity contribution in [3.8, 4) is 16.9 Å². The van der Waals surface area contributed by atoms with Gasteiger partial charge in [-0.05, 0) is 23.8 Å². The molecule has 1 saturated heterocycles. The summed E-state index contributed by atoms with van der Waals surface area (Å²) in [5.74, 6) is -3.58. The van der Waals surface area contributed by atoms with Crippen LogP contribution in [0.2, 0.25) is 0 Å². The van der Waals surface area contributed by atoms with E-state index in [-0.39, 0.29) is 10.6 Å². The van der Waals surface area contributed by atoms with Crippen LogP contribution in [0.25, 0.3) is 11.1 Å². The van der Waals surface area contributed by atoms with Crippen LogP contribution in [0, 0.1) is 5.82 Å². The molecular formula is C23H24FN3O9. The number of hydrogen-bond donors (Lipinski definition) is 6. The first-order valence-electron chi connectivity index (χ1n) is 10.7. The lowest BCUT2D eigenvalue weighted by atomic mass is 9.99. The second-order valence-corrected chi connectivity index (χ2v) is 8.18. The predicted octanol–water partition coefficient (Wildman–Crippen LogP) is -0.714. The zero-order valence-electron chi connectivity index (χ0n) is 18.9. The number of benzene rings is 2. The van der Waals surface area contributed by atoms with Gasteiger partial charge < -0.3 is 35.1 Å². The van der Waals surface area contributed by atoms with Gasteiger partial charge in [-0.1, -0.05) is 30.3 Å². The number of rotatable bonds is 7. The van der Waals surface area contributed by atoms with Crippen LogP contribution < -0.4 is 16.0 Å². The molecule has 2 heterocycles. The van der Waals surface area contributed by atoms with Gasteiger partial charge in [-0.2, -0.15) is 0 Å². The van der Waals surface area contributed by atoms with Gasteiger partial charge in [-0.15, -0.1) is 5.06 Å². The van der Waals surface area contributed by atoms with Gasteiger partial charge in [0.25, 0.3) is 5.56 Å². The SMILES string of the molecule is COc1ccc(CN(O)[C@@]2(O)[C@H](O)[C@@H](CO)O[C@@]2(O)n2cc(-c3ccccc3F)c(=O)[nH]c2=O)cc1. The van der Waals surface area contributed by atoms with E-state index < -0.39 is 59.6 Å². The van der Waals surface area contributed by atoms with Crippen LogP contribution in [0.4, 0.5) is 4.39 Å². The third kappa shape index (κ3) is 4.02. The van der Waals surface area contributed by atoms with Crippen molar-refractivity contribution < 1.29 is 39.5 Å². The van der Waals surface area contributed by atoms with Gasteiger partial charge in [0.1, 0.15) is 23.8 Å². The molecule has 192 valence electrons. The Kier molecular flexibility index (Phi) is 6.81. The molecule has 4 rings (SSSR count). The number of ether oxygens (including phenoxy) is 2. The maximum absolute atomic E-state index is 14.4. The van der Waals surface area contributed by atoms with E-state index in [0.29, 0.717) is 15.9 Å². The minimum atomic E-state index is -3.26. The number of nitrogens with one attached hydrogen (secondary N) is 1. The van der Waals surface area contributed by atoms with Crippen LogP contribution in [0.3, 0.4) is 0 Å². The fourth-order valence-corrected chi connectivity index (χ4v) is 4.10. The van der Waals surface area contributed by atoms with E-state index in [1.165, 1.54) is 37.4 Å². The third-order valence-corrected chi connectivity index (χ3v) is 6.06. The van der Waals surface area contributed by atoms with Crippen LogP contribution in [0.1, 0.15) is 5.56 Å². The number of halogens is 1. The van der Waals surface area contributed by atoms with E-state index in [9.17, 15) is 39.6 Å². The zero-order valence-corrected chi connectivity index (χ0v) is 18.9. The molecule has 0 unspecified atom stereocenters. The van der Waals surface area contributed by atoms with Gasteiger partial charge in [0.05, 0.1) is 25.8 Å². The lowest BCUT2D eigenvalue weighted by molar-refractivity contribution is -0.413. The smallest absolute Gasteiger partial charge is 0.332 e. The van der Waals surface area contributed by atoms with Crippen molar-refractivity contribution in [2.24, 2.45) is 0 Å². The normalized spacial score (nSPS) is 25.9. The predicted molar refractivity (Wildman–Crippen MR) is 120 cm³/mol. The highest BCUT2D eigenvalue weighted by atomic mass is 19.1. The number of nitrogens with zero attached hydrogens (tertiary/aromatic N) is 2. The summed E-state index contributed by atoms with van der Waals surface area (Å²) in [6, 6.07) is 11.3. The summed E-state index contributed by atoms with van der Waals surface area (Å²) in [7, 11) is 1.45. The average Bonchev–Trinajstić information content (AvgIpc) is 3.07. The Hall–Kier alpha value is -3.43. The number of aliphatic hydroxyl groups is 4. The number of methoxy groups -OCH3 is 1. The lowest BCUT2D eigenvalue weighted by Crippen LogP contribution is -2.68. The molecule has 6 N–H and O–H groups in total. The Balaban J connectivity index is 1.84. The molecule has 12 nitrogen and oxygen atoms in total. The largest absolute Gasteiger partial charge is 0.497 e. The maximum Gasteiger partial charge on any atom is 0.332 e. The first-order chi connectivity index (χ1) is 17.1. The molecule has 4 atom stereocenters. The summed E-state index contributed by atoms with van der Waals surface area (Å²) in [6.45, 7) is -1.43. The molecule has 0 radical (unpaired) electrons. The van der Waals surface area contributed by atoms with E-state index in [4.69, 9.17) is 9.47 Å². The Labute approximate surface area is 202 Å². The van der Waals surface area contributed by atoms with Gasteiger partial charge >= 0.3 is 11.6 Å². The van der Waals surface area contributed by atoms with Crippen molar-refractivity contribution in [3.05, 3.63) is 86.9 Å². The Morgan fingerprint density at radius 1 is 1.14 bits per heavy atom. The first kappa shape index (κ1) is 25.7. The van der Waals surface area contributed by atoms with Crippen LogP contribution >= 0.6 is 0 Å². The molecule has 1 aromatic heterocycles. The summed E-state index contributed by atoms with van der Waals surface area (Å²) < 4.78 is 25.0. The summed E-state index contributed by atoms with van der Waals surface area (Å²) in [4.78, 5) is 27.1. The third-order valence-electron chi connectivity index (χ3n) is 6.06. The standard InChI is InChI=1S/C23H24FN3O9/c1-35-14-8-6-13(7-9-14)10-27(34)22(32)19(29)18(12-28)36-23(22,33)26-11-16(20(30)25-21(26)31)15-4-2-3-5-17(15)24/h2-9,11,18-19,28-29,32-34H,10,12H2,1H3,(H,25,30,31)/t18-,19-,22-,23-/m1/s1. The van der Waals surface area contributed by atoms with Gasteiger partial charge in [0, 0.05) is 11.8 Å². The molecule has 36 heavy (non-hydrogen) atoms. The Bertz CT molecular complexity index is 1360. The fraction of sp³-hybridized carbons (Fsp3) is 0.304. The maximum atomic E-state index is 14.4. The summed E-state index contributed by atoms with van der Waals surface area (Å²) >= 11 is 0. The zero-order chi connectivity index (χ0) is 26.3. The number of H-pyrrole nitrogens is 1. The van der Waals surface area contributed by atoms with Crippen LogP contribution in [-0.2, 0) is 17.2 Å². The molecule has 3 aromatic rings. The van der Waals surface area contributed by atoms with E-state index in [2.05, 4.69) is 0 Å². The van der Waals surface area contributed by atoms with Crippen molar-refractivity contribution in [1.82, 2.24) is 14.6 Å². The van der Waals surface area contributed by atoms with Crippen molar-refractivity contribution in [2.75, 3.05) is 13.7 Å². The van der Waals surface area contributed by atoms with Gasteiger partial charge in [-0.25, -0.2) is 13.8 Å². The first-order valence-corrected chi connectivity index (χ1v) is 10.7. The molecule has 1 fully saturated rings. The molecule has 0 amide bonds. The molecule has 0 saturated carbocycles. The van der Waals surface area contributed by atoms with Crippen molar-refractivity contribution >= 4 is 0 Å². The van der Waals surface area contributed by atoms with Crippen LogP contribution in [-0.4, -0.2) is 71.9 Å². The number of hydroxylamine groups is 2. The second kappa shape index (κ2) is 9.55. The van der Waals surface area contributed by atoms with Gasteiger partial charge in [0.2, 0.25) is 5.72 Å². The molecular weight excluding hydrogens is 481 g/mol. The lowest BCUT2D eigenvalue weighted by Gasteiger charge is -2.42. The summed E-state index contributed by atoms with van der Waals surface area (Å²) in [5, 5.41) is 54.3. The average molecular weight is 505 g/mol. The number of hydrogen-bond acceptors (Lipinski definition) is 10. The molecule has 13 heteroatoms. The van der Waals surface area contributed by atoms with E-state index in [0.717, 1.165) is 12.3 Å². The second-order valence-electron chi connectivity index (χ2n) is 8.18. The molecule has 1 aliphatic heterocycles. The van der Waals surface area contributed by atoms with Crippen LogP contribution in [0.5, 0.6) is 5.75 Å². The highest BCUT2D eigenvalue weighted by Gasteiger charge is 2.70.